The van der Waals surface area contributed by atoms with Crippen molar-refractivity contribution in [3.8, 4) is 0 Å². The fourth-order valence-electron chi connectivity index (χ4n) is 1.58. The molecule has 1 aliphatic rings. The van der Waals surface area contributed by atoms with E-state index in [0.717, 1.165) is 6.07 Å². The summed E-state index contributed by atoms with van der Waals surface area (Å²) in [6, 6.07) is 2.44. The molecule has 1 aromatic rings. The summed E-state index contributed by atoms with van der Waals surface area (Å²) in [5.74, 6) is -1.36. The van der Waals surface area contributed by atoms with Gasteiger partial charge in [-0.05, 0) is 40.9 Å². The summed E-state index contributed by atoms with van der Waals surface area (Å²) in [6.07, 6.45) is 2.33. The van der Waals surface area contributed by atoms with Gasteiger partial charge in [-0.3, -0.25) is 0 Å². The van der Waals surface area contributed by atoms with Crippen molar-refractivity contribution in [1.29, 1.82) is 0 Å². The third-order valence-corrected chi connectivity index (χ3v) is 3.11. The van der Waals surface area contributed by atoms with Crippen LogP contribution < -0.4 is 0 Å². The Labute approximate surface area is 93.1 Å². The molecule has 0 atom stereocenters. The summed E-state index contributed by atoms with van der Waals surface area (Å²) in [4.78, 5) is 13.7. The van der Waals surface area contributed by atoms with Gasteiger partial charge in [0, 0.05) is 0 Å². The van der Waals surface area contributed by atoms with Crippen LogP contribution in [0.25, 0.3) is 0 Å². The first-order valence-electron chi connectivity index (χ1n) is 4.34. The van der Waals surface area contributed by atoms with E-state index in [9.17, 15) is 13.6 Å². The minimum Gasteiger partial charge on any atom is -0.211 e. The van der Waals surface area contributed by atoms with Crippen LogP contribution in [-0.4, -0.2) is 6.08 Å². The zero-order valence-electron chi connectivity index (χ0n) is 7.56. The van der Waals surface area contributed by atoms with E-state index in [0.29, 0.717) is 12.8 Å². The molecule has 0 unspecified atom stereocenters. The van der Waals surface area contributed by atoms with Gasteiger partial charge in [0.2, 0.25) is 6.08 Å². The summed E-state index contributed by atoms with van der Waals surface area (Å²) < 4.78 is 27.3. The maximum absolute atomic E-state index is 13.6. The Balaban J connectivity index is 2.62. The molecule has 0 N–H and O–H groups in total. The topological polar surface area (TPSA) is 29.4 Å². The second kappa shape index (κ2) is 3.51. The molecular weight excluding hydrogens is 268 g/mol. The molecule has 1 fully saturated rings. The number of benzene rings is 1. The number of aliphatic imine (C=N–C) groups is 1. The molecule has 78 valence electrons. The van der Waals surface area contributed by atoms with Crippen LogP contribution in [0.4, 0.5) is 8.78 Å². The van der Waals surface area contributed by atoms with E-state index < -0.39 is 17.2 Å². The molecule has 1 saturated carbocycles. The fourth-order valence-corrected chi connectivity index (χ4v) is 1.91. The lowest BCUT2D eigenvalue weighted by molar-refractivity contribution is 0.511. The maximum atomic E-state index is 13.6. The van der Waals surface area contributed by atoms with E-state index in [4.69, 9.17) is 0 Å². The van der Waals surface area contributed by atoms with E-state index in [1.165, 1.54) is 12.1 Å². The Morgan fingerprint density at radius 2 is 2.07 bits per heavy atom. The van der Waals surface area contributed by atoms with Gasteiger partial charge >= 0.3 is 0 Å². The van der Waals surface area contributed by atoms with E-state index in [-0.39, 0.29) is 10.0 Å². The van der Waals surface area contributed by atoms with Gasteiger partial charge in [0.15, 0.2) is 0 Å². The average Bonchev–Trinajstić information content (AvgIpc) is 2.94. The highest BCUT2D eigenvalue weighted by molar-refractivity contribution is 9.10. The zero-order valence-corrected chi connectivity index (χ0v) is 9.14. The fraction of sp³-hybridized carbons (Fsp3) is 0.300. The van der Waals surface area contributed by atoms with Gasteiger partial charge in [-0.25, -0.2) is 13.6 Å². The molecule has 1 aliphatic carbocycles. The van der Waals surface area contributed by atoms with E-state index >= 15 is 0 Å². The molecular formula is C10H6BrF2NO. The van der Waals surface area contributed by atoms with Gasteiger partial charge in [-0.1, -0.05) is 0 Å². The zero-order chi connectivity index (χ0) is 11.1. The Kier molecular flexibility index (Phi) is 2.44. The first kappa shape index (κ1) is 10.5. The van der Waals surface area contributed by atoms with Crippen molar-refractivity contribution in [3.63, 3.8) is 0 Å². The van der Waals surface area contributed by atoms with E-state index in [1.54, 1.807) is 0 Å². The molecule has 0 aromatic heterocycles. The Morgan fingerprint density at radius 3 is 2.60 bits per heavy atom. The van der Waals surface area contributed by atoms with Crippen LogP contribution in [0.1, 0.15) is 18.4 Å². The standard InChI is InChI=1S/C10H6BrF2NO/c11-6-1-2-7(12)8(9(6)13)10(3-4-10)14-5-15/h1-2H,3-4H2. The quantitative estimate of drug-likeness (QED) is 0.463. The van der Waals surface area contributed by atoms with Crippen molar-refractivity contribution in [2.45, 2.75) is 18.4 Å². The van der Waals surface area contributed by atoms with Gasteiger partial charge in [-0.15, -0.1) is 0 Å². The van der Waals surface area contributed by atoms with Gasteiger partial charge in [0.25, 0.3) is 0 Å². The lowest BCUT2D eigenvalue weighted by Crippen LogP contribution is -2.09. The number of carbonyl (C=O) groups excluding carboxylic acids is 1. The normalized spacial score (nSPS) is 17.0. The van der Waals surface area contributed by atoms with Crippen LogP contribution in [0.3, 0.4) is 0 Å². The molecule has 0 radical (unpaired) electrons. The van der Waals surface area contributed by atoms with Crippen molar-refractivity contribution in [1.82, 2.24) is 0 Å². The molecule has 0 amide bonds. The highest BCUT2D eigenvalue weighted by atomic mass is 79.9. The van der Waals surface area contributed by atoms with Gasteiger partial charge in [-0.2, -0.15) is 4.99 Å². The molecule has 2 rings (SSSR count). The Bertz CT molecular complexity index is 465. The average molecular weight is 274 g/mol. The minimum atomic E-state index is -1.01. The van der Waals surface area contributed by atoms with Gasteiger partial charge < -0.3 is 0 Å². The van der Waals surface area contributed by atoms with Crippen molar-refractivity contribution >= 4 is 22.0 Å². The van der Waals surface area contributed by atoms with Crippen LogP contribution in [0.5, 0.6) is 0 Å². The summed E-state index contributed by atoms with van der Waals surface area (Å²) in [5, 5.41) is 0. The van der Waals surface area contributed by atoms with Crippen molar-refractivity contribution < 1.29 is 13.6 Å². The summed E-state index contributed by atoms with van der Waals surface area (Å²) in [5.41, 5.74) is -1.15. The van der Waals surface area contributed by atoms with Crippen molar-refractivity contribution in [3.05, 3.63) is 33.8 Å². The van der Waals surface area contributed by atoms with Crippen LogP contribution in [0.15, 0.2) is 21.6 Å². The second-order valence-electron chi connectivity index (χ2n) is 3.45. The van der Waals surface area contributed by atoms with Crippen LogP contribution in [0.2, 0.25) is 0 Å². The third kappa shape index (κ3) is 1.62. The SMILES string of the molecule is O=C=NC1(c2c(F)ccc(Br)c2F)CC1. The summed E-state index contributed by atoms with van der Waals surface area (Å²) in [7, 11) is 0. The smallest absolute Gasteiger partial charge is 0.211 e. The van der Waals surface area contributed by atoms with Crippen LogP contribution >= 0.6 is 15.9 Å². The molecule has 0 saturated heterocycles. The molecule has 0 bridgehead atoms. The summed E-state index contributed by atoms with van der Waals surface area (Å²) >= 11 is 2.97. The summed E-state index contributed by atoms with van der Waals surface area (Å²) in [6.45, 7) is 0. The first-order chi connectivity index (χ1) is 7.10. The van der Waals surface area contributed by atoms with Gasteiger partial charge in [0.05, 0.1) is 10.0 Å². The minimum absolute atomic E-state index is 0.139. The monoisotopic (exact) mass is 273 g/mol. The number of hydrogen-bond acceptors (Lipinski definition) is 2. The highest BCUT2D eigenvalue weighted by Gasteiger charge is 2.49. The van der Waals surface area contributed by atoms with E-state index in [2.05, 4.69) is 20.9 Å². The van der Waals surface area contributed by atoms with Gasteiger partial charge in [0.1, 0.15) is 17.2 Å². The largest absolute Gasteiger partial charge is 0.235 e. The predicted octanol–water partition coefficient (Wildman–Crippen LogP) is 3.05. The molecule has 0 heterocycles. The highest BCUT2D eigenvalue weighted by Crippen LogP contribution is 2.51. The predicted molar refractivity (Wildman–Crippen MR) is 53.1 cm³/mol. The molecule has 0 aliphatic heterocycles. The number of halogens is 3. The number of isocyanates is 1. The first-order valence-corrected chi connectivity index (χ1v) is 5.13. The maximum Gasteiger partial charge on any atom is 0.235 e. The van der Waals surface area contributed by atoms with E-state index in [1.807, 2.05) is 0 Å². The molecule has 1 aromatic carbocycles. The third-order valence-electron chi connectivity index (χ3n) is 2.49. The Hall–Kier alpha value is -1.06. The van der Waals surface area contributed by atoms with Crippen molar-refractivity contribution in [2.24, 2.45) is 4.99 Å². The lowest BCUT2D eigenvalue weighted by atomic mass is 10.0. The molecule has 0 spiro atoms. The molecule has 15 heavy (non-hydrogen) atoms. The van der Waals surface area contributed by atoms with Crippen LogP contribution in [-0.2, 0) is 10.3 Å². The molecule has 2 nitrogen and oxygen atoms in total. The Morgan fingerprint density at radius 1 is 1.40 bits per heavy atom. The number of nitrogens with zero attached hydrogens (tertiary/aromatic N) is 1. The lowest BCUT2D eigenvalue weighted by Gasteiger charge is -2.11. The second-order valence-corrected chi connectivity index (χ2v) is 4.31. The molecule has 5 heteroatoms. The van der Waals surface area contributed by atoms with Crippen molar-refractivity contribution in [2.75, 3.05) is 0 Å². The van der Waals surface area contributed by atoms with Crippen LogP contribution in [0, 0.1) is 11.6 Å². The number of hydrogen-bond donors (Lipinski definition) is 0. The number of rotatable bonds is 2.